The summed E-state index contributed by atoms with van der Waals surface area (Å²) in [6.07, 6.45) is 0. The van der Waals surface area contributed by atoms with E-state index in [2.05, 4.69) is 205 Å². The molecule has 0 fully saturated rings. The number of para-hydroxylation sites is 2. The molecule has 5 heterocycles. The second-order valence-electron chi connectivity index (χ2n) is 18.3. The molecule has 0 atom stereocenters. The van der Waals surface area contributed by atoms with E-state index in [4.69, 9.17) is 0 Å². The van der Waals surface area contributed by atoms with Crippen LogP contribution >= 0.6 is 23.5 Å². The lowest BCUT2D eigenvalue weighted by Crippen LogP contribution is -2.66. The molecule has 0 amide bonds. The minimum atomic E-state index is -0.148. The lowest BCUT2D eigenvalue weighted by atomic mass is 9.31. The molecule has 292 valence electrons. The van der Waals surface area contributed by atoms with E-state index in [0.29, 0.717) is 0 Å². The van der Waals surface area contributed by atoms with Gasteiger partial charge in [-0.15, -0.1) is 0 Å². The normalized spacial score (nSPS) is 14.8. The first-order valence-electron chi connectivity index (χ1n) is 22.1. The highest BCUT2D eigenvalue weighted by atomic mass is 32.2. The smallest absolute Gasteiger partial charge is 0.249 e. The van der Waals surface area contributed by atoms with Crippen molar-refractivity contribution < 1.29 is 0 Å². The van der Waals surface area contributed by atoms with Gasteiger partial charge in [-0.3, -0.25) is 0 Å². The third-order valence-corrected chi connectivity index (χ3v) is 17.3. The van der Waals surface area contributed by atoms with Crippen LogP contribution in [-0.2, 0) is 5.41 Å². The van der Waals surface area contributed by atoms with Gasteiger partial charge in [-0.25, -0.2) is 0 Å². The van der Waals surface area contributed by atoms with Crippen LogP contribution in [0.2, 0.25) is 0 Å². The van der Waals surface area contributed by atoms with Crippen LogP contribution in [0.4, 0.5) is 17.1 Å². The highest BCUT2D eigenvalue weighted by Gasteiger charge is 2.50. The molecule has 0 N–H and O–H groups in total. The van der Waals surface area contributed by atoms with Crippen LogP contribution in [0.15, 0.2) is 202 Å². The predicted molar refractivity (Wildman–Crippen MR) is 269 cm³/mol. The van der Waals surface area contributed by atoms with Crippen LogP contribution < -0.4 is 37.7 Å². The lowest BCUT2D eigenvalue weighted by molar-refractivity contribution is 0.660. The molecule has 0 saturated heterocycles. The molecule has 15 rings (SSSR count). The van der Waals surface area contributed by atoms with Gasteiger partial charge in [0.05, 0.1) is 5.69 Å². The van der Waals surface area contributed by atoms with E-state index in [-0.39, 0.29) is 18.8 Å². The van der Waals surface area contributed by atoms with Gasteiger partial charge in [-0.05, 0) is 91.6 Å². The quantitative estimate of drug-likeness (QED) is 0.163. The molecule has 6 heteroatoms. The number of hydrogen-bond donors (Lipinski definition) is 0. The molecule has 0 saturated carbocycles. The number of benzene rings is 9. The van der Waals surface area contributed by atoms with E-state index in [1.54, 1.807) is 0 Å². The van der Waals surface area contributed by atoms with Gasteiger partial charge in [-0.1, -0.05) is 194 Å². The number of rotatable bonds is 4. The summed E-state index contributed by atoms with van der Waals surface area (Å²) in [6.45, 7) is 4.99. The Morgan fingerprint density at radius 2 is 0.984 bits per heavy atom. The van der Waals surface area contributed by atoms with Gasteiger partial charge in [0.15, 0.2) is 0 Å². The minimum absolute atomic E-state index is 0.0946. The number of fused-ring (bicyclic) bond motifs is 10. The summed E-state index contributed by atoms with van der Waals surface area (Å²) in [7, 11) is 0. The molecular formula is C57H36B2N2S2. The zero-order valence-corrected chi connectivity index (χ0v) is 36.3. The molecule has 1 aliphatic carbocycles. The van der Waals surface area contributed by atoms with Crippen molar-refractivity contribution >= 4 is 109 Å². The van der Waals surface area contributed by atoms with E-state index in [1.165, 1.54) is 125 Å². The van der Waals surface area contributed by atoms with Crippen LogP contribution in [0, 0.1) is 0 Å². The van der Waals surface area contributed by atoms with Crippen molar-refractivity contribution in [3.05, 3.63) is 193 Å². The van der Waals surface area contributed by atoms with Gasteiger partial charge < -0.3 is 9.47 Å². The molecule has 0 unspecified atom stereocenters. The van der Waals surface area contributed by atoms with E-state index in [1.807, 2.05) is 23.5 Å². The van der Waals surface area contributed by atoms with Gasteiger partial charge in [0.1, 0.15) is 0 Å². The Labute approximate surface area is 375 Å². The maximum Gasteiger partial charge on any atom is 0.249 e. The van der Waals surface area contributed by atoms with E-state index in [9.17, 15) is 0 Å². The van der Waals surface area contributed by atoms with Crippen molar-refractivity contribution in [3.63, 3.8) is 0 Å². The predicted octanol–water partition coefficient (Wildman–Crippen LogP) is 10.8. The maximum absolute atomic E-state index is 2.71. The molecule has 4 aliphatic heterocycles. The van der Waals surface area contributed by atoms with Crippen LogP contribution in [-0.4, -0.2) is 18.0 Å². The van der Waals surface area contributed by atoms with Crippen LogP contribution in [0.5, 0.6) is 0 Å². The highest BCUT2D eigenvalue weighted by molar-refractivity contribution is 8.01. The second-order valence-corrected chi connectivity index (χ2v) is 20.4. The highest BCUT2D eigenvalue weighted by Crippen LogP contribution is 2.55. The number of aromatic nitrogens is 1. The summed E-state index contributed by atoms with van der Waals surface area (Å²) in [4.78, 5) is 8.04. The Morgan fingerprint density at radius 1 is 0.460 bits per heavy atom. The standard InChI is InChI=1S/C57H36B2N2S2/c1-57(2)41-19-7-6-16-37(41)38-31-30-36(32-42(38)57)60(35-28-26-34(27-29-35)33-14-4-3-5-15-33)54-55-49-53-50-56(54)63-48-25-11-9-21-44(48)59(50)46-23-13-18-40-39-17-12-22-45(51(39)61(53)52(40)46)58(49)43-20-8-10-24-47(43)62-55/h3-32H,1-2H3. The average molecular weight is 835 g/mol. The largest absolute Gasteiger partial charge is 0.311 e. The lowest BCUT2D eigenvalue weighted by Gasteiger charge is -2.44. The van der Waals surface area contributed by atoms with Crippen molar-refractivity contribution in [2.45, 2.75) is 38.8 Å². The molecule has 1 aromatic heterocycles. The van der Waals surface area contributed by atoms with Crippen molar-refractivity contribution in [3.8, 4) is 27.9 Å². The molecule has 5 aliphatic rings. The monoisotopic (exact) mass is 834 g/mol. The number of hydrogen-bond acceptors (Lipinski definition) is 3. The summed E-state index contributed by atoms with van der Waals surface area (Å²) in [5.74, 6) is 0. The first kappa shape index (κ1) is 34.9. The van der Waals surface area contributed by atoms with Crippen LogP contribution in [0.1, 0.15) is 25.0 Å². The maximum atomic E-state index is 2.71. The minimum Gasteiger partial charge on any atom is -0.311 e. The van der Waals surface area contributed by atoms with E-state index < -0.39 is 0 Å². The third-order valence-electron chi connectivity index (χ3n) is 14.9. The van der Waals surface area contributed by atoms with Crippen molar-refractivity contribution in [1.29, 1.82) is 0 Å². The average Bonchev–Trinajstić information content (AvgIpc) is 3.79. The van der Waals surface area contributed by atoms with Crippen molar-refractivity contribution in [2.75, 3.05) is 4.90 Å². The van der Waals surface area contributed by atoms with Crippen LogP contribution in [0.25, 0.3) is 49.7 Å². The Balaban J connectivity index is 1.10. The van der Waals surface area contributed by atoms with Gasteiger partial charge in [0, 0.05) is 63.9 Å². The molecular weight excluding hydrogens is 798 g/mol. The Hall–Kier alpha value is -6.59. The van der Waals surface area contributed by atoms with Crippen molar-refractivity contribution in [2.24, 2.45) is 0 Å². The topological polar surface area (TPSA) is 8.17 Å². The second kappa shape index (κ2) is 12.3. The van der Waals surface area contributed by atoms with E-state index >= 15 is 0 Å². The van der Waals surface area contributed by atoms with Gasteiger partial charge in [0.2, 0.25) is 13.4 Å². The Morgan fingerprint density at radius 3 is 1.63 bits per heavy atom. The molecule has 9 aromatic carbocycles. The third kappa shape index (κ3) is 4.41. The Kier molecular flexibility index (Phi) is 6.83. The molecule has 0 radical (unpaired) electrons. The fraction of sp³-hybridized carbons (Fsp3) is 0.0526. The molecule has 0 spiro atoms. The van der Waals surface area contributed by atoms with Gasteiger partial charge >= 0.3 is 0 Å². The van der Waals surface area contributed by atoms with Crippen molar-refractivity contribution in [1.82, 2.24) is 4.57 Å². The Bertz CT molecular complexity index is 3540. The summed E-state index contributed by atoms with van der Waals surface area (Å²) in [6, 6.07) is 69.1. The van der Waals surface area contributed by atoms with Gasteiger partial charge in [0.25, 0.3) is 0 Å². The zero-order valence-electron chi connectivity index (χ0n) is 34.7. The fourth-order valence-corrected chi connectivity index (χ4v) is 14.9. The summed E-state index contributed by atoms with van der Waals surface area (Å²) < 4.78 is 2.71. The molecule has 10 aromatic rings. The summed E-state index contributed by atoms with van der Waals surface area (Å²) in [5, 5.41) is 2.71. The summed E-state index contributed by atoms with van der Waals surface area (Å²) in [5.41, 5.74) is 24.0. The zero-order chi connectivity index (χ0) is 41.3. The first-order valence-corrected chi connectivity index (χ1v) is 23.7. The number of anilines is 3. The summed E-state index contributed by atoms with van der Waals surface area (Å²) >= 11 is 3.96. The molecule has 2 nitrogen and oxygen atoms in total. The van der Waals surface area contributed by atoms with Gasteiger partial charge in [-0.2, -0.15) is 0 Å². The van der Waals surface area contributed by atoms with Crippen LogP contribution in [0.3, 0.4) is 0 Å². The molecule has 63 heavy (non-hydrogen) atoms. The molecule has 0 bridgehead atoms. The number of nitrogens with zero attached hydrogens (tertiary/aromatic N) is 2. The van der Waals surface area contributed by atoms with E-state index in [0.717, 1.165) is 5.69 Å². The fourth-order valence-electron chi connectivity index (χ4n) is 12.2. The SMILES string of the molecule is CC1(C)c2ccccc2-c2ccc(N(c3ccc(-c4ccccc4)cc3)c3c4c5c6c7c3Sc3ccccc3B7c3cccc7c8cccc(c8n-6c37)B5c3ccccc3S4)cc21. The first-order chi connectivity index (χ1) is 31.0.